The lowest BCUT2D eigenvalue weighted by atomic mass is 10.0. The molecular formula is C25H31NO2S. The van der Waals surface area contributed by atoms with Gasteiger partial charge in [0.1, 0.15) is 0 Å². The molecule has 154 valence electrons. The van der Waals surface area contributed by atoms with E-state index in [1.54, 1.807) is 4.31 Å². The zero-order valence-electron chi connectivity index (χ0n) is 18.2. The molecule has 0 amide bonds. The van der Waals surface area contributed by atoms with E-state index in [0.717, 1.165) is 27.8 Å². The lowest BCUT2D eigenvalue weighted by Gasteiger charge is -2.14. The third-order valence-electron chi connectivity index (χ3n) is 5.57. The molecular weight excluding hydrogens is 378 g/mol. The van der Waals surface area contributed by atoms with E-state index < -0.39 is 10.0 Å². The van der Waals surface area contributed by atoms with Crippen molar-refractivity contribution >= 4 is 16.1 Å². The van der Waals surface area contributed by atoms with E-state index in [1.807, 2.05) is 76.2 Å². The van der Waals surface area contributed by atoms with Crippen LogP contribution < -0.4 is 0 Å². The molecule has 29 heavy (non-hydrogen) atoms. The van der Waals surface area contributed by atoms with Crippen LogP contribution in [-0.2, 0) is 10.0 Å². The van der Waals surface area contributed by atoms with Crippen LogP contribution >= 0.6 is 0 Å². The molecule has 1 unspecified atom stereocenters. The van der Waals surface area contributed by atoms with Gasteiger partial charge in [0.15, 0.2) is 0 Å². The summed E-state index contributed by atoms with van der Waals surface area (Å²) in [4.78, 5) is 0.457. The second-order valence-corrected chi connectivity index (χ2v) is 10.1. The number of hydrogen-bond donors (Lipinski definition) is 0. The number of aryl methyl sites for hydroxylation is 3. The summed E-state index contributed by atoms with van der Waals surface area (Å²) in [5.41, 5.74) is 4.86. The number of sulfonamides is 1. The van der Waals surface area contributed by atoms with Gasteiger partial charge < -0.3 is 0 Å². The third-order valence-corrected chi connectivity index (χ3v) is 7.75. The van der Waals surface area contributed by atoms with Crippen molar-refractivity contribution < 1.29 is 8.42 Å². The number of allylic oxidation sites excluding steroid dienone is 1. The van der Waals surface area contributed by atoms with Crippen molar-refractivity contribution in [3.63, 3.8) is 0 Å². The van der Waals surface area contributed by atoms with E-state index in [2.05, 4.69) is 26.0 Å². The molecule has 3 atom stereocenters. The predicted octanol–water partition coefficient (Wildman–Crippen LogP) is 5.67. The first-order chi connectivity index (χ1) is 13.7. The molecule has 0 bridgehead atoms. The van der Waals surface area contributed by atoms with Crippen molar-refractivity contribution in [3.05, 3.63) is 82.4 Å². The highest BCUT2D eigenvalue weighted by atomic mass is 32.2. The van der Waals surface area contributed by atoms with Gasteiger partial charge in [-0.25, -0.2) is 8.42 Å². The molecule has 3 nitrogen and oxygen atoms in total. The molecule has 3 rings (SSSR count). The fourth-order valence-electron chi connectivity index (χ4n) is 4.34. The molecule has 1 fully saturated rings. The largest absolute Gasteiger partial charge is 0.244 e. The van der Waals surface area contributed by atoms with Crippen molar-refractivity contribution in [1.29, 1.82) is 0 Å². The minimum Gasteiger partial charge on any atom is -0.207 e. The monoisotopic (exact) mass is 409 g/mol. The first-order valence-electron chi connectivity index (χ1n) is 10.2. The van der Waals surface area contributed by atoms with Crippen molar-refractivity contribution in [1.82, 2.24) is 4.31 Å². The quantitative estimate of drug-likeness (QED) is 0.455. The Morgan fingerprint density at radius 1 is 1.03 bits per heavy atom. The molecule has 0 spiro atoms. The SMILES string of the molecule is C/C=C(/C=C/c1ccccc1)[C@H]1[C@H](C(C)C)N1S(=O)(=O)c1c(C)cc(C)cc1C. The maximum atomic E-state index is 13.6. The summed E-state index contributed by atoms with van der Waals surface area (Å²) >= 11 is 0. The number of benzene rings is 2. The van der Waals surface area contributed by atoms with Crippen LogP contribution in [-0.4, -0.2) is 24.8 Å². The summed E-state index contributed by atoms with van der Waals surface area (Å²) in [5, 5.41) is 0. The predicted molar refractivity (Wildman–Crippen MR) is 121 cm³/mol. The van der Waals surface area contributed by atoms with Crippen LogP contribution in [0.2, 0.25) is 0 Å². The van der Waals surface area contributed by atoms with Gasteiger partial charge in [-0.3, -0.25) is 0 Å². The second-order valence-electron chi connectivity index (χ2n) is 8.27. The van der Waals surface area contributed by atoms with Crippen LogP contribution in [0.3, 0.4) is 0 Å². The molecule has 0 N–H and O–H groups in total. The van der Waals surface area contributed by atoms with Crippen LogP contribution in [0.15, 0.2) is 65.1 Å². The molecule has 4 heteroatoms. The molecule has 1 saturated heterocycles. The fraction of sp³-hybridized carbons (Fsp3) is 0.360. The van der Waals surface area contributed by atoms with Gasteiger partial charge in [0.05, 0.1) is 10.9 Å². The van der Waals surface area contributed by atoms with Gasteiger partial charge in [-0.1, -0.05) is 80.1 Å². The molecule has 1 aliphatic heterocycles. The van der Waals surface area contributed by atoms with Crippen LogP contribution in [0.4, 0.5) is 0 Å². The fourth-order valence-corrected chi connectivity index (χ4v) is 6.65. The molecule has 2 aromatic carbocycles. The second kappa shape index (κ2) is 8.29. The molecule has 1 heterocycles. The Kier molecular flexibility index (Phi) is 6.16. The molecule has 0 aromatic heterocycles. The maximum absolute atomic E-state index is 13.6. The summed E-state index contributed by atoms with van der Waals surface area (Å²) < 4.78 is 29.0. The van der Waals surface area contributed by atoms with E-state index in [1.165, 1.54) is 0 Å². The summed E-state index contributed by atoms with van der Waals surface area (Å²) in [5.74, 6) is 0.237. The van der Waals surface area contributed by atoms with Crippen molar-refractivity contribution in [2.75, 3.05) is 0 Å². The van der Waals surface area contributed by atoms with Crippen LogP contribution in [0.25, 0.3) is 6.08 Å². The topological polar surface area (TPSA) is 37.1 Å². The van der Waals surface area contributed by atoms with Crippen molar-refractivity contribution in [2.45, 2.75) is 58.5 Å². The first-order valence-corrected chi connectivity index (χ1v) is 11.6. The van der Waals surface area contributed by atoms with Gasteiger partial charge in [0.25, 0.3) is 0 Å². The van der Waals surface area contributed by atoms with Crippen LogP contribution in [0, 0.1) is 26.7 Å². The minimum atomic E-state index is -3.57. The van der Waals surface area contributed by atoms with Gasteiger partial charge in [-0.15, -0.1) is 0 Å². The third kappa shape index (κ3) is 4.24. The number of hydrogen-bond acceptors (Lipinski definition) is 2. The zero-order chi connectivity index (χ0) is 21.3. The van der Waals surface area contributed by atoms with Gasteiger partial charge in [-0.05, 0) is 55.9 Å². The Labute approximate surface area is 175 Å². The van der Waals surface area contributed by atoms with Gasteiger partial charge in [0.2, 0.25) is 10.0 Å². The van der Waals surface area contributed by atoms with Gasteiger partial charge >= 0.3 is 0 Å². The standard InChI is InChI=1S/C25H31NO2S/c1-7-22(14-13-21-11-9-8-10-12-21)24-23(17(2)3)26(24)29(27,28)25-19(5)15-18(4)16-20(25)6/h7-17,23-24H,1-6H3/b14-13+,22-7-/t23-,24-,26?/m0/s1. The minimum absolute atomic E-state index is 0.0215. The van der Waals surface area contributed by atoms with Crippen molar-refractivity contribution in [3.8, 4) is 0 Å². The summed E-state index contributed by atoms with van der Waals surface area (Å²) in [6, 6.07) is 13.9. The van der Waals surface area contributed by atoms with Crippen LogP contribution in [0.1, 0.15) is 43.0 Å². The molecule has 1 aliphatic rings. The van der Waals surface area contributed by atoms with E-state index in [-0.39, 0.29) is 18.0 Å². The average Bonchev–Trinajstić information content (AvgIpc) is 3.39. The summed E-state index contributed by atoms with van der Waals surface area (Å²) in [6.45, 7) is 11.9. The first kappa shape index (κ1) is 21.5. The van der Waals surface area contributed by atoms with E-state index in [9.17, 15) is 8.42 Å². The zero-order valence-corrected chi connectivity index (χ0v) is 19.0. The molecule has 2 aromatic rings. The van der Waals surface area contributed by atoms with Gasteiger partial charge in [-0.2, -0.15) is 4.31 Å². The normalized spacial score (nSPS) is 22.4. The Hall–Kier alpha value is -2.17. The number of rotatable bonds is 6. The molecule has 0 saturated carbocycles. The van der Waals surface area contributed by atoms with Gasteiger partial charge in [0, 0.05) is 6.04 Å². The summed E-state index contributed by atoms with van der Waals surface area (Å²) in [7, 11) is -3.57. The Bertz CT molecular complexity index is 1030. The lowest BCUT2D eigenvalue weighted by Crippen LogP contribution is -2.20. The van der Waals surface area contributed by atoms with E-state index in [4.69, 9.17) is 0 Å². The average molecular weight is 410 g/mol. The smallest absolute Gasteiger partial charge is 0.207 e. The number of nitrogens with zero attached hydrogens (tertiary/aromatic N) is 1. The highest BCUT2D eigenvalue weighted by Gasteiger charge is 2.58. The Morgan fingerprint density at radius 3 is 2.14 bits per heavy atom. The highest BCUT2D eigenvalue weighted by molar-refractivity contribution is 7.89. The molecule has 0 radical (unpaired) electrons. The van der Waals surface area contributed by atoms with Crippen LogP contribution in [0.5, 0.6) is 0 Å². The highest BCUT2D eigenvalue weighted by Crippen LogP contribution is 2.45. The maximum Gasteiger partial charge on any atom is 0.244 e. The Morgan fingerprint density at radius 2 is 1.62 bits per heavy atom. The van der Waals surface area contributed by atoms with E-state index >= 15 is 0 Å². The lowest BCUT2D eigenvalue weighted by molar-refractivity contribution is 0.516. The summed E-state index contributed by atoms with van der Waals surface area (Å²) in [6.07, 6.45) is 6.14. The Balaban J connectivity index is 1.98. The molecule has 0 aliphatic carbocycles. The van der Waals surface area contributed by atoms with Crippen molar-refractivity contribution in [2.24, 2.45) is 5.92 Å². The van der Waals surface area contributed by atoms with E-state index in [0.29, 0.717) is 4.90 Å².